The van der Waals surface area contributed by atoms with Crippen molar-refractivity contribution in [3.8, 4) is 6.07 Å². The smallest absolute Gasteiger partial charge is 0.172 e. The van der Waals surface area contributed by atoms with Gasteiger partial charge in [-0.25, -0.2) is 0 Å². The van der Waals surface area contributed by atoms with E-state index >= 15 is 0 Å². The minimum absolute atomic E-state index is 0.234. The number of rotatable bonds is 0. The van der Waals surface area contributed by atoms with Crippen LogP contribution in [0.5, 0.6) is 0 Å². The van der Waals surface area contributed by atoms with E-state index in [0.29, 0.717) is 24.2 Å². The molecule has 0 aromatic carbocycles. The van der Waals surface area contributed by atoms with Gasteiger partial charge in [-0.2, -0.15) is 5.26 Å². The molecule has 0 aromatic rings. The monoisotopic (exact) mass is 357 g/mol. The fraction of sp³-hybridized carbons (Fsp3) is 0.864. The molecule has 26 heavy (non-hydrogen) atoms. The lowest BCUT2D eigenvalue weighted by Crippen LogP contribution is -2.55. The van der Waals surface area contributed by atoms with E-state index in [1.165, 1.54) is 0 Å². The maximum atomic E-state index is 11.0. The maximum Gasteiger partial charge on any atom is 0.172 e. The first-order valence-electron chi connectivity index (χ1n) is 10.5. The van der Waals surface area contributed by atoms with Crippen LogP contribution in [0.2, 0.25) is 0 Å². The Morgan fingerprint density at radius 3 is 2.54 bits per heavy atom. The van der Waals surface area contributed by atoms with Crippen molar-refractivity contribution in [2.24, 2.45) is 28.6 Å². The molecule has 3 saturated carbocycles. The Morgan fingerprint density at radius 2 is 1.81 bits per heavy atom. The Balaban J connectivity index is 1.47. The summed E-state index contributed by atoms with van der Waals surface area (Å²) in [6, 6.07) is 2.28. The summed E-state index contributed by atoms with van der Waals surface area (Å²) in [6.45, 7) is 6.10. The van der Waals surface area contributed by atoms with E-state index < -0.39 is 5.60 Å². The second kappa shape index (κ2) is 5.34. The molecule has 0 aromatic heterocycles. The van der Waals surface area contributed by atoms with Crippen molar-refractivity contribution in [1.29, 1.82) is 5.26 Å². The third-order valence-electron chi connectivity index (χ3n) is 9.26. The number of fused-ring (bicyclic) bond motifs is 5. The van der Waals surface area contributed by atoms with Crippen molar-refractivity contribution < 1.29 is 14.6 Å². The lowest BCUT2D eigenvalue weighted by molar-refractivity contribution is -0.186. The van der Waals surface area contributed by atoms with Gasteiger partial charge in [0.05, 0.1) is 19.3 Å². The summed E-state index contributed by atoms with van der Waals surface area (Å²) in [5, 5.41) is 20.6. The molecule has 4 nitrogen and oxygen atoms in total. The van der Waals surface area contributed by atoms with Gasteiger partial charge in [-0.1, -0.05) is 25.5 Å². The topological polar surface area (TPSA) is 62.5 Å². The van der Waals surface area contributed by atoms with Gasteiger partial charge >= 0.3 is 0 Å². The summed E-state index contributed by atoms with van der Waals surface area (Å²) in [5.74, 6) is 1.38. The Kier molecular flexibility index (Phi) is 3.54. The lowest BCUT2D eigenvalue weighted by atomic mass is 9.47. The minimum atomic E-state index is -1.13. The standard InChI is InChI=1S/C22H31NO3/c1-19-9-10-22(25-11-12-26-22)13-15(19)3-4-16-17(19)5-7-20(2)18(16)6-8-21(20,24)14-23/h3,16-18,24H,4-13H2,1-2H3/t16-,17+,18-,19+,20+,21-/m1/s1. The highest BCUT2D eigenvalue weighted by Gasteiger charge is 2.64. The Bertz CT molecular complexity index is 690. The van der Waals surface area contributed by atoms with Crippen molar-refractivity contribution >= 4 is 0 Å². The summed E-state index contributed by atoms with van der Waals surface area (Å²) in [6.07, 6.45) is 10.4. The van der Waals surface area contributed by atoms with Crippen molar-refractivity contribution in [3.05, 3.63) is 11.6 Å². The number of hydrogen-bond acceptors (Lipinski definition) is 4. The first kappa shape index (κ1) is 17.2. The molecule has 1 saturated heterocycles. The fourth-order valence-electron chi connectivity index (χ4n) is 7.55. The van der Waals surface area contributed by atoms with Gasteiger partial charge in [0, 0.05) is 18.3 Å². The summed E-state index contributed by atoms with van der Waals surface area (Å²) in [4.78, 5) is 0. The quantitative estimate of drug-likeness (QED) is 0.527. The summed E-state index contributed by atoms with van der Waals surface area (Å²) in [5.41, 5.74) is 0.412. The zero-order valence-electron chi connectivity index (χ0n) is 16.1. The average molecular weight is 357 g/mol. The normalized spacial score (nSPS) is 51.9. The lowest BCUT2D eigenvalue weighted by Gasteiger charge is -2.59. The molecule has 1 heterocycles. The zero-order chi connectivity index (χ0) is 18.2. The van der Waals surface area contributed by atoms with Crippen LogP contribution in [-0.2, 0) is 9.47 Å². The van der Waals surface area contributed by atoms with E-state index in [1.807, 2.05) is 0 Å². The second-order valence-corrected chi connectivity index (χ2v) is 10.0. The molecule has 5 rings (SSSR count). The van der Waals surface area contributed by atoms with Crippen molar-refractivity contribution in [2.45, 2.75) is 76.6 Å². The van der Waals surface area contributed by atoms with Crippen molar-refractivity contribution in [3.63, 3.8) is 0 Å². The maximum absolute atomic E-state index is 11.0. The van der Waals surface area contributed by atoms with Crippen LogP contribution in [0.1, 0.15) is 65.2 Å². The fourth-order valence-corrected chi connectivity index (χ4v) is 7.55. The highest BCUT2D eigenvalue weighted by atomic mass is 16.7. The molecule has 1 aliphatic heterocycles. The Hall–Kier alpha value is -0.890. The largest absolute Gasteiger partial charge is 0.375 e. The van der Waals surface area contributed by atoms with E-state index in [-0.39, 0.29) is 16.6 Å². The van der Waals surface area contributed by atoms with Crippen LogP contribution in [0.15, 0.2) is 11.6 Å². The minimum Gasteiger partial charge on any atom is -0.375 e. The molecule has 0 unspecified atom stereocenters. The van der Waals surface area contributed by atoms with Gasteiger partial charge in [0.15, 0.2) is 11.4 Å². The molecule has 4 aliphatic carbocycles. The number of allylic oxidation sites excluding steroid dienone is 1. The summed E-state index contributed by atoms with van der Waals surface area (Å²) in [7, 11) is 0. The molecule has 4 heteroatoms. The number of nitrogens with zero attached hydrogens (tertiary/aromatic N) is 1. The van der Waals surface area contributed by atoms with E-state index in [4.69, 9.17) is 9.47 Å². The van der Waals surface area contributed by atoms with Crippen LogP contribution in [-0.4, -0.2) is 29.7 Å². The van der Waals surface area contributed by atoms with E-state index in [2.05, 4.69) is 26.0 Å². The molecule has 1 N–H and O–H groups in total. The molecule has 4 fully saturated rings. The number of hydrogen-bond donors (Lipinski definition) is 1. The summed E-state index contributed by atoms with van der Waals surface area (Å²) >= 11 is 0. The van der Waals surface area contributed by atoms with Crippen molar-refractivity contribution in [1.82, 2.24) is 0 Å². The van der Waals surface area contributed by atoms with Gasteiger partial charge < -0.3 is 14.6 Å². The molecular weight excluding hydrogens is 326 g/mol. The van der Waals surface area contributed by atoms with Crippen LogP contribution in [0.4, 0.5) is 0 Å². The number of aliphatic hydroxyl groups is 1. The molecule has 1 spiro atoms. The molecule has 6 atom stereocenters. The third-order valence-corrected chi connectivity index (χ3v) is 9.26. The van der Waals surface area contributed by atoms with Crippen LogP contribution in [0.3, 0.4) is 0 Å². The first-order valence-corrected chi connectivity index (χ1v) is 10.5. The van der Waals surface area contributed by atoms with Gasteiger partial charge in [-0.3, -0.25) is 0 Å². The van der Waals surface area contributed by atoms with Crippen LogP contribution in [0, 0.1) is 39.9 Å². The zero-order valence-corrected chi connectivity index (χ0v) is 16.1. The number of ether oxygens (including phenoxy) is 2. The predicted octanol–water partition coefficient (Wildman–Crippen LogP) is 3.95. The van der Waals surface area contributed by atoms with Crippen LogP contribution in [0.25, 0.3) is 0 Å². The Morgan fingerprint density at radius 1 is 1.08 bits per heavy atom. The highest BCUT2D eigenvalue weighted by molar-refractivity contribution is 5.28. The first-order chi connectivity index (χ1) is 12.4. The van der Waals surface area contributed by atoms with E-state index in [0.717, 1.165) is 58.2 Å². The second-order valence-electron chi connectivity index (χ2n) is 10.0. The molecule has 0 bridgehead atoms. The van der Waals surface area contributed by atoms with Gasteiger partial charge in [-0.05, 0) is 61.7 Å². The molecule has 0 amide bonds. The van der Waals surface area contributed by atoms with Gasteiger partial charge in [-0.15, -0.1) is 0 Å². The molecular formula is C22H31NO3. The van der Waals surface area contributed by atoms with E-state index in [9.17, 15) is 10.4 Å². The van der Waals surface area contributed by atoms with Gasteiger partial charge in [0.1, 0.15) is 0 Å². The van der Waals surface area contributed by atoms with Crippen molar-refractivity contribution in [2.75, 3.05) is 13.2 Å². The highest BCUT2D eigenvalue weighted by Crippen LogP contribution is 2.67. The Labute approximate surface area is 156 Å². The van der Waals surface area contributed by atoms with Crippen LogP contribution >= 0.6 is 0 Å². The third kappa shape index (κ3) is 2.00. The predicted molar refractivity (Wildman–Crippen MR) is 96.9 cm³/mol. The molecule has 0 radical (unpaired) electrons. The van der Waals surface area contributed by atoms with Gasteiger partial charge in [0.2, 0.25) is 0 Å². The average Bonchev–Trinajstić information content (AvgIpc) is 3.19. The van der Waals surface area contributed by atoms with Gasteiger partial charge in [0.25, 0.3) is 0 Å². The number of nitriles is 1. The van der Waals surface area contributed by atoms with E-state index in [1.54, 1.807) is 5.57 Å². The SMILES string of the molecule is C[C@]12CCC3(CC1=CC[C@H]1[C@H]4CC[C@@](O)(C#N)[C@@]4(C)CC[C@@H]12)OCCO3. The molecule has 5 aliphatic rings. The van der Waals surface area contributed by atoms with Crippen LogP contribution < -0.4 is 0 Å². The summed E-state index contributed by atoms with van der Waals surface area (Å²) < 4.78 is 12.0. The molecule has 142 valence electrons.